The van der Waals surface area contributed by atoms with E-state index in [1.165, 1.54) is 5.56 Å². The monoisotopic (exact) mass is 202 g/mol. The minimum atomic E-state index is -0.487. The van der Waals surface area contributed by atoms with E-state index < -0.39 is 6.10 Å². The van der Waals surface area contributed by atoms with Crippen molar-refractivity contribution >= 4 is 0 Å². The van der Waals surface area contributed by atoms with Gasteiger partial charge >= 0.3 is 0 Å². The number of benzene rings is 1. The summed E-state index contributed by atoms with van der Waals surface area (Å²) in [6.07, 6.45) is 1.19. The zero-order chi connectivity index (χ0) is 11.1. The first-order chi connectivity index (χ1) is 7.24. The van der Waals surface area contributed by atoms with Gasteiger partial charge in [-0.05, 0) is 11.5 Å². The second-order valence-electron chi connectivity index (χ2n) is 3.81. The SMILES string of the molecule is CC[C@H](C)C(O)C#CCc1ccccc1. The first-order valence-electron chi connectivity index (χ1n) is 5.44. The molecule has 0 aliphatic carbocycles. The van der Waals surface area contributed by atoms with E-state index in [9.17, 15) is 5.11 Å². The van der Waals surface area contributed by atoms with Crippen LogP contribution in [0.1, 0.15) is 25.8 Å². The number of hydrogen-bond acceptors (Lipinski definition) is 1. The first-order valence-corrected chi connectivity index (χ1v) is 5.44. The van der Waals surface area contributed by atoms with E-state index in [1.807, 2.05) is 37.3 Å². The van der Waals surface area contributed by atoms with Crippen molar-refractivity contribution in [2.75, 3.05) is 0 Å². The van der Waals surface area contributed by atoms with Crippen LogP contribution in [0, 0.1) is 17.8 Å². The lowest BCUT2D eigenvalue weighted by Gasteiger charge is -2.09. The predicted octanol–water partition coefficient (Wildman–Crippen LogP) is 2.64. The minimum absolute atomic E-state index is 0.258. The van der Waals surface area contributed by atoms with E-state index in [-0.39, 0.29) is 5.92 Å². The lowest BCUT2D eigenvalue weighted by atomic mass is 10.0. The Morgan fingerprint density at radius 2 is 1.93 bits per heavy atom. The van der Waals surface area contributed by atoms with Gasteiger partial charge < -0.3 is 5.11 Å². The summed E-state index contributed by atoms with van der Waals surface area (Å²) < 4.78 is 0. The molecule has 0 bridgehead atoms. The number of aliphatic hydroxyl groups is 1. The zero-order valence-corrected chi connectivity index (χ0v) is 9.40. The molecule has 0 radical (unpaired) electrons. The summed E-state index contributed by atoms with van der Waals surface area (Å²) in [6, 6.07) is 10.1. The van der Waals surface area contributed by atoms with Crippen LogP contribution >= 0.6 is 0 Å². The molecule has 80 valence electrons. The molecule has 0 amide bonds. The van der Waals surface area contributed by atoms with Gasteiger partial charge in [-0.2, -0.15) is 0 Å². The molecule has 0 fully saturated rings. The molecule has 15 heavy (non-hydrogen) atoms. The third-order valence-corrected chi connectivity index (χ3v) is 2.57. The molecule has 0 saturated carbocycles. The average molecular weight is 202 g/mol. The molecular formula is C14H18O. The fourth-order valence-corrected chi connectivity index (χ4v) is 1.22. The van der Waals surface area contributed by atoms with Crippen LogP contribution in [0.15, 0.2) is 30.3 Å². The third-order valence-electron chi connectivity index (χ3n) is 2.57. The van der Waals surface area contributed by atoms with Gasteiger partial charge in [-0.25, -0.2) is 0 Å². The van der Waals surface area contributed by atoms with Gasteiger partial charge in [0.25, 0.3) is 0 Å². The van der Waals surface area contributed by atoms with Gasteiger partial charge in [0.15, 0.2) is 0 Å². The summed E-state index contributed by atoms with van der Waals surface area (Å²) >= 11 is 0. The molecule has 1 unspecified atom stereocenters. The van der Waals surface area contributed by atoms with Gasteiger partial charge in [-0.3, -0.25) is 0 Å². The van der Waals surface area contributed by atoms with Crippen LogP contribution in [0.3, 0.4) is 0 Å². The van der Waals surface area contributed by atoms with Crippen LogP contribution < -0.4 is 0 Å². The summed E-state index contributed by atoms with van der Waals surface area (Å²) in [5.74, 6) is 6.16. The number of rotatable bonds is 3. The molecular weight excluding hydrogens is 184 g/mol. The smallest absolute Gasteiger partial charge is 0.117 e. The Balaban J connectivity index is 2.46. The van der Waals surface area contributed by atoms with Gasteiger partial charge in [-0.15, -0.1) is 0 Å². The quantitative estimate of drug-likeness (QED) is 0.747. The van der Waals surface area contributed by atoms with Crippen LogP contribution in [-0.4, -0.2) is 11.2 Å². The Bertz CT molecular complexity index is 331. The Morgan fingerprint density at radius 1 is 1.27 bits per heavy atom. The fraction of sp³-hybridized carbons (Fsp3) is 0.429. The van der Waals surface area contributed by atoms with Gasteiger partial charge in [0, 0.05) is 6.42 Å². The van der Waals surface area contributed by atoms with Crippen LogP contribution in [0.5, 0.6) is 0 Å². The summed E-state index contributed by atoms with van der Waals surface area (Å²) in [4.78, 5) is 0. The highest BCUT2D eigenvalue weighted by Gasteiger charge is 2.07. The standard InChI is InChI=1S/C14H18O/c1-3-12(2)14(15)11-7-10-13-8-5-4-6-9-13/h4-6,8-9,12,14-15H,3,10H2,1-2H3/t12-,14?/m0/s1. The molecule has 0 aromatic heterocycles. The van der Waals surface area contributed by atoms with E-state index in [4.69, 9.17) is 0 Å². The maximum absolute atomic E-state index is 9.62. The molecule has 1 aromatic carbocycles. The Labute approximate surface area is 92.1 Å². The maximum atomic E-state index is 9.62. The molecule has 0 heterocycles. The zero-order valence-electron chi connectivity index (χ0n) is 9.40. The normalized spacial score (nSPS) is 13.8. The van der Waals surface area contributed by atoms with Crippen LogP contribution in [-0.2, 0) is 6.42 Å². The Hall–Kier alpha value is -1.26. The van der Waals surface area contributed by atoms with Crippen molar-refractivity contribution in [3.8, 4) is 11.8 Å². The molecule has 1 nitrogen and oxygen atoms in total. The highest BCUT2D eigenvalue weighted by Crippen LogP contribution is 2.06. The van der Waals surface area contributed by atoms with Crippen LogP contribution in [0.2, 0.25) is 0 Å². The molecule has 2 atom stereocenters. The minimum Gasteiger partial charge on any atom is -0.380 e. The molecule has 0 aliphatic rings. The summed E-state index contributed by atoms with van der Waals surface area (Å²) in [6.45, 7) is 4.08. The van der Waals surface area contributed by atoms with Gasteiger partial charge in [0.2, 0.25) is 0 Å². The molecule has 0 spiro atoms. The molecule has 1 aromatic rings. The maximum Gasteiger partial charge on any atom is 0.117 e. The van der Waals surface area contributed by atoms with Crippen molar-refractivity contribution in [1.82, 2.24) is 0 Å². The summed E-state index contributed by atoms with van der Waals surface area (Å²) in [5, 5.41) is 9.62. The summed E-state index contributed by atoms with van der Waals surface area (Å²) in [5.41, 5.74) is 1.20. The molecule has 1 heteroatoms. The second-order valence-corrected chi connectivity index (χ2v) is 3.81. The molecule has 0 aliphatic heterocycles. The van der Waals surface area contributed by atoms with Crippen molar-refractivity contribution in [3.63, 3.8) is 0 Å². The summed E-state index contributed by atoms with van der Waals surface area (Å²) in [7, 11) is 0. The van der Waals surface area contributed by atoms with Crippen LogP contribution in [0.25, 0.3) is 0 Å². The van der Waals surface area contributed by atoms with E-state index in [0.717, 1.165) is 6.42 Å². The average Bonchev–Trinajstić information content (AvgIpc) is 2.29. The van der Waals surface area contributed by atoms with E-state index in [2.05, 4.69) is 18.8 Å². The van der Waals surface area contributed by atoms with Crippen molar-refractivity contribution in [1.29, 1.82) is 0 Å². The van der Waals surface area contributed by atoms with Crippen LogP contribution in [0.4, 0.5) is 0 Å². The highest BCUT2D eigenvalue weighted by atomic mass is 16.3. The lowest BCUT2D eigenvalue weighted by molar-refractivity contribution is 0.169. The molecule has 1 N–H and O–H groups in total. The Kier molecular flexibility index (Phi) is 4.93. The lowest BCUT2D eigenvalue weighted by Crippen LogP contribution is -2.14. The first kappa shape index (κ1) is 11.8. The van der Waals surface area contributed by atoms with Crippen molar-refractivity contribution in [2.45, 2.75) is 32.8 Å². The molecule has 1 rings (SSSR count). The largest absolute Gasteiger partial charge is 0.380 e. The number of aliphatic hydroxyl groups excluding tert-OH is 1. The predicted molar refractivity (Wildman–Crippen MR) is 63.4 cm³/mol. The van der Waals surface area contributed by atoms with Gasteiger partial charge in [-0.1, -0.05) is 62.4 Å². The van der Waals surface area contributed by atoms with E-state index >= 15 is 0 Å². The van der Waals surface area contributed by atoms with Crippen molar-refractivity contribution < 1.29 is 5.11 Å². The van der Waals surface area contributed by atoms with E-state index in [0.29, 0.717) is 6.42 Å². The molecule has 0 saturated heterocycles. The fourth-order valence-electron chi connectivity index (χ4n) is 1.22. The van der Waals surface area contributed by atoms with Crippen molar-refractivity contribution in [2.24, 2.45) is 5.92 Å². The second kappa shape index (κ2) is 6.27. The third kappa shape index (κ3) is 4.18. The van der Waals surface area contributed by atoms with Crippen molar-refractivity contribution in [3.05, 3.63) is 35.9 Å². The Morgan fingerprint density at radius 3 is 2.53 bits per heavy atom. The van der Waals surface area contributed by atoms with Gasteiger partial charge in [0.1, 0.15) is 6.10 Å². The van der Waals surface area contributed by atoms with E-state index in [1.54, 1.807) is 0 Å². The highest BCUT2D eigenvalue weighted by molar-refractivity contribution is 5.21. The topological polar surface area (TPSA) is 20.2 Å². The van der Waals surface area contributed by atoms with Gasteiger partial charge in [0.05, 0.1) is 0 Å². The number of hydrogen-bond donors (Lipinski definition) is 1.